The van der Waals surface area contributed by atoms with Gasteiger partial charge >= 0.3 is 0 Å². The second-order valence-corrected chi connectivity index (χ2v) is 8.94. The Morgan fingerprint density at radius 2 is 2.16 bits per heavy atom. The average Bonchev–Trinajstić information content (AvgIpc) is 2.98. The van der Waals surface area contributed by atoms with Crippen LogP contribution in [0.4, 0.5) is 0 Å². The average molecular weight is 500 g/mol. The molecule has 1 heterocycles. The zero-order chi connectivity index (χ0) is 17.3. The monoisotopic (exact) mass is 500 g/mol. The highest BCUT2D eigenvalue weighted by Gasteiger charge is 2.19. The maximum atomic E-state index is 12.0. The van der Waals surface area contributed by atoms with Crippen LogP contribution in [0, 0.1) is 5.92 Å². The van der Waals surface area contributed by atoms with Crippen LogP contribution < -0.4 is 15.4 Å². The number of nitrogens with zero attached hydrogens (tertiary/aromatic N) is 1. The molecule has 9 heteroatoms. The van der Waals surface area contributed by atoms with Crippen molar-refractivity contribution in [3.05, 3.63) is 22.4 Å². The molecule has 0 saturated heterocycles. The lowest BCUT2D eigenvalue weighted by Crippen LogP contribution is -2.39. The van der Waals surface area contributed by atoms with E-state index in [-0.39, 0.29) is 36.3 Å². The molecule has 0 radical (unpaired) electrons. The molecule has 0 aromatic carbocycles. The van der Waals surface area contributed by atoms with Crippen LogP contribution in [0.5, 0.6) is 0 Å². The molecule has 1 fully saturated rings. The Balaban J connectivity index is 0.00000312. The fraction of sp³-hybridized carbons (Fsp3) is 0.688. The minimum Gasteiger partial charge on any atom is -0.357 e. The van der Waals surface area contributed by atoms with Gasteiger partial charge in [0, 0.05) is 24.5 Å². The fourth-order valence-corrected chi connectivity index (χ4v) is 4.07. The lowest BCUT2D eigenvalue weighted by atomic mass is 9.86. The second kappa shape index (κ2) is 12.1. The van der Waals surface area contributed by atoms with Gasteiger partial charge in [-0.1, -0.05) is 12.5 Å². The molecule has 0 spiro atoms. The zero-order valence-electron chi connectivity index (χ0n) is 14.7. The number of guanidine groups is 1. The van der Waals surface area contributed by atoms with E-state index in [1.54, 1.807) is 11.3 Å². The summed E-state index contributed by atoms with van der Waals surface area (Å²) in [5.74, 6) is 1.23. The zero-order valence-corrected chi connectivity index (χ0v) is 18.6. The Kier molecular flexibility index (Phi) is 10.9. The maximum Gasteiger partial charge on any atom is 0.213 e. The van der Waals surface area contributed by atoms with E-state index < -0.39 is 10.0 Å². The summed E-state index contributed by atoms with van der Waals surface area (Å²) >= 11 is 1.74. The van der Waals surface area contributed by atoms with Gasteiger partial charge in [0.1, 0.15) is 0 Å². The van der Waals surface area contributed by atoms with E-state index in [0.717, 1.165) is 32.4 Å². The van der Waals surface area contributed by atoms with E-state index >= 15 is 0 Å². The summed E-state index contributed by atoms with van der Waals surface area (Å²) in [5, 5.41) is 8.45. The molecule has 1 aliphatic carbocycles. The van der Waals surface area contributed by atoms with Gasteiger partial charge in [0.2, 0.25) is 10.0 Å². The van der Waals surface area contributed by atoms with Crippen LogP contribution in [0.3, 0.4) is 0 Å². The smallest absolute Gasteiger partial charge is 0.213 e. The number of hydrogen-bond donors (Lipinski definition) is 3. The first kappa shape index (κ1) is 22.7. The third kappa shape index (κ3) is 9.20. The standard InChI is InChI=1S/C16H28N4O2S2.HI/c1-2-17-16(18-9-8-15-7-4-11-23-15)19-10-12-24(21,22)20-13-14-5-3-6-14;/h4,7,11,14,20H,2-3,5-6,8-10,12-13H2,1H3,(H2,17,18,19);1H. The summed E-state index contributed by atoms with van der Waals surface area (Å²) in [6.07, 6.45) is 4.43. The molecule has 0 amide bonds. The number of sulfonamides is 1. The number of halogens is 1. The van der Waals surface area contributed by atoms with Gasteiger partial charge < -0.3 is 10.6 Å². The topological polar surface area (TPSA) is 82.6 Å². The van der Waals surface area contributed by atoms with E-state index in [9.17, 15) is 8.42 Å². The highest BCUT2D eigenvalue weighted by atomic mass is 127. The minimum atomic E-state index is -3.23. The van der Waals surface area contributed by atoms with Crippen LogP contribution in [-0.2, 0) is 16.4 Å². The van der Waals surface area contributed by atoms with Crippen LogP contribution >= 0.6 is 35.3 Å². The summed E-state index contributed by atoms with van der Waals surface area (Å²) < 4.78 is 26.6. The molecule has 2 rings (SSSR count). The first-order chi connectivity index (χ1) is 11.6. The molecule has 1 saturated carbocycles. The molecule has 3 N–H and O–H groups in total. The van der Waals surface area contributed by atoms with Gasteiger partial charge in [-0.15, -0.1) is 35.3 Å². The molecule has 0 aliphatic heterocycles. The summed E-state index contributed by atoms with van der Waals surface area (Å²) in [4.78, 5) is 5.68. The molecule has 6 nitrogen and oxygen atoms in total. The number of rotatable bonds is 10. The maximum absolute atomic E-state index is 12.0. The molecular weight excluding hydrogens is 471 g/mol. The Hall–Kier alpha value is -0.390. The van der Waals surface area contributed by atoms with Crippen molar-refractivity contribution < 1.29 is 8.42 Å². The summed E-state index contributed by atoms with van der Waals surface area (Å²) in [7, 11) is -3.23. The molecule has 1 aliphatic rings. The van der Waals surface area contributed by atoms with E-state index in [4.69, 9.17) is 0 Å². The Labute approximate surface area is 172 Å². The first-order valence-corrected chi connectivity index (χ1v) is 11.1. The number of hydrogen-bond acceptors (Lipinski definition) is 4. The lowest BCUT2D eigenvalue weighted by Gasteiger charge is -2.25. The van der Waals surface area contributed by atoms with Gasteiger partial charge in [0.15, 0.2) is 5.96 Å². The van der Waals surface area contributed by atoms with Crippen molar-refractivity contribution in [3.63, 3.8) is 0 Å². The van der Waals surface area contributed by atoms with E-state index in [1.165, 1.54) is 11.3 Å². The third-order valence-corrected chi connectivity index (χ3v) is 6.30. The summed E-state index contributed by atoms with van der Waals surface area (Å²) in [5.41, 5.74) is 0. The van der Waals surface area contributed by atoms with Gasteiger partial charge in [-0.25, -0.2) is 13.1 Å². The van der Waals surface area contributed by atoms with E-state index in [1.807, 2.05) is 13.0 Å². The molecule has 0 unspecified atom stereocenters. The SMILES string of the molecule is CCNC(=NCCS(=O)(=O)NCC1CCC1)NCCc1cccs1.I. The Bertz CT molecular complexity index is 602. The van der Waals surface area contributed by atoms with Crippen molar-refractivity contribution in [2.24, 2.45) is 10.9 Å². The second-order valence-electron chi connectivity index (χ2n) is 5.98. The quantitative estimate of drug-likeness (QED) is 0.261. The number of thiophene rings is 1. The lowest BCUT2D eigenvalue weighted by molar-refractivity contribution is 0.316. The molecular formula is C16H29IN4O2S2. The van der Waals surface area contributed by atoms with Crippen LogP contribution in [-0.4, -0.2) is 46.3 Å². The Morgan fingerprint density at radius 1 is 1.36 bits per heavy atom. The predicted molar refractivity (Wildman–Crippen MR) is 117 cm³/mol. The molecule has 1 aromatic rings. The van der Waals surface area contributed by atoms with Gasteiger partial charge in [0.05, 0.1) is 12.3 Å². The molecule has 0 atom stereocenters. The summed E-state index contributed by atoms with van der Waals surface area (Å²) in [6.45, 7) is 4.35. The van der Waals surface area contributed by atoms with Crippen molar-refractivity contribution in [3.8, 4) is 0 Å². The van der Waals surface area contributed by atoms with E-state index in [2.05, 4.69) is 31.8 Å². The predicted octanol–water partition coefficient (Wildman–Crippen LogP) is 2.18. The van der Waals surface area contributed by atoms with Crippen molar-refractivity contribution in [2.75, 3.05) is 31.9 Å². The highest BCUT2D eigenvalue weighted by molar-refractivity contribution is 14.0. The van der Waals surface area contributed by atoms with Crippen LogP contribution in [0.2, 0.25) is 0 Å². The van der Waals surface area contributed by atoms with Crippen molar-refractivity contribution in [1.82, 2.24) is 15.4 Å². The minimum absolute atomic E-state index is 0. The fourth-order valence-electron chi connectivity index (χ4n) is 2.39. The van der Waals surface area contributed by atoms with Crippen LogP contribution in [0.1, 0.15) is 31.1 Å². The number of nitrogens with one attached hydrogen (secondary N) is 3. The Morgan fingerprint density at radius 3 is 2.76 bits per heavy atom. The van der Waals surface area contributed by atoms with Crippen molar-refractivity contribution in [2.45, 2.75) is 32.6 Å². The highest BCUT2D eigenvalue weighted by Crippen LogP contribution is 2.25. The largest absolute Gasteiger partial charge is 0.357 e. The molecule has 1 aromatic heterocycles. The van der Waals surface area contributed by atoms with Gasteiger partial charge in [0.25, 0.3) is 0 Å². The first-order valence-electron chi connectivity index (χ1n) is 8.61. The normalized spacial score (nSPS) is 15.3. The third-order valence-electron chi connectivity index (χ3n) is 4.03. The van der Waals surface area contributed by atoms with Gasteiger partial charge in [-0.05, 0) is 43.6 Å². The van der Waals surface area contributed by atoms with Crippen LogP contribution in [0.25, 0.3) is 0 Å². The molecule has 25 heavy (non-hydrogen) atoms. The summed E-state index contributed by atoms with van der Waals surface area (Å²) in [6, 6.07) is 4.15. The molecule has 0 bridgehead atoms. The van der Waals surface area contributed by atoms with Crippen molar-refractivity contribution in [1.29, 1.82) is 0 Å². The number of aliphatic imine (C=N–C) groups is 1. The van der Waals surface area contributed by atoms with Gasteiger partial charge in [-0.3, -0.25) is 4.99 Å². The van der Waals surface area contributed by atoms with Gasteiger partial charge in [-0.2, -0.15) is 0 Å². The van der Waals surface area contributed by atoms with Crippen molar-refractivity contribution >= 4 is 51.3 Å². The molecule has 144 valence electrons. The van der Waals surface area contributed by atoms with E-state index in [0.29, 0.717) is 18.4 Å². The van der Waals surface area contributed by atoms with Crippen LogP contribution in [0.15, 0.2) is 22.5 Å².